The van der Waals surface area contributed by atoms with Gasteiger partial charge in [0.2, 0.25) is 6.79 Å². The number of benzene rings is 2. The van der Waals surface area contributed by atoms with Gasteiger partial charge in [-0.25, -0.2) is 4.39 Å². The van der Waals surface area contributed by atoms with E-state index in [0.29, 0.717) is 22.8 Å². The van der Waals surface area contributed by atoms with Gasteiger partial charge in [-0.3, -0.25) is 4.79 Å². The molecule has 2 aromatic carbocycles. The van der Waals surface area contributed by atoms with Crippen LogP contribution in [0, 0.1) is 5.82 Å². The Balaban J connectivity index is 1.66. The van der Waals surface area contributed by atoms with Gasteiger partial charge in [-0.2, -0.15) is 0 Å². The van der Waals surface area contributed by atoms with Crippen LogP contribution in [-0.4, -0.2) is 24.5 Å². The van der Waals surface area contributed by atoms with E-state index in [1.54, 1.807) is 24.3 Å². The van der Waals surface area contributed by atoms with Crippen LogP contribution in [0.5, 0.6) is 17.2 Å². The average Bonchev–Trinajstić information content (AvgIpc) is 2.99. The van der Waals surface area contributed by atoms with Crippen LogP contribution in [-0.2, 0) is 4.79 Å². The molecule has 0 radical (unpaired) electrons. The SMILES string of the molecule is O=C(O)C(CCOc1cccc(F)c1)c1ccc2c(c1)OCO2. The second-order valence-corrected chi connectivity index (χ2v) is 5.10. The molecular weight excluding hydrogens is 303 g/mol. The van der Waals surface area contributed by atoms with Crippen LogP contribution in [0.2, 0.25) is 0 Å². The Hall–Kier alpha value is -2.76. The third-order valence-electron chi connectivity index (χ3n) is 3.57. The molecule has 0 saturated carbocycles. The van der Waals surface area contributed by atoms with Crippen molar-refractivity contribution in [2.45, 2.75) is 12.3 Å². The zero-order chi connectivity index (χ0) is 16.2. The number of aliphatic carboxylic acids is 1. The number of carboxylic acid groups (broad SMARTS) is 1. The Morgan fingerprint density at radius 2 is 2.04 bits per heavy atom. The van der Waals surface area contributed by atoms with Crippen molar-refractivity contribution in [3.63, 3.8) is 0 Å². The van der Waals surface area contributed by atoms with Crippen molar-refractivity contribution in [2.24, 2.45) is 0 Å². The summed E-state index contributed by atoms with van der Waals surface area (Å²) >= 11 is 0. The summed E-state index contributed by atoms with van der Waals surface area (Å²) in [5.41, 5.74) is 0.615. The summed E-state index contributed by atoms with van der Waals surface area (Å²) in [5.74, 6) is -0.564. The molecule has 0 amide bonds. The summed E-state index contributed by atoms with van der Waals surface area (Å²) in [6, 6.07) is 10.8. The molecule has 0 fully saturated rings. The molecule has 1 N–H and O–H groups in total. The molecule has 120 valence electrons. The van der Waals surface area contributed by atoms with E-state index < -0.39 is 17.7 Å². The summed E-state index contributed by atoms with van der Waals surface area (Å²) in [6.45, 7) is 0.300. The summed E-state index contributed by atoms with van der Waals surface area (Å²) in [6.07, 6.45) is 0.255. The van der Waals surface area contributed by atoms with Crippen LogP contribution in [0.1, 0.15) is 17.9 Å². The van der Waals surface area contributed by atoms with Crippen LogP contribution in [0.25, 0.3) is 0 Å². The fourth-order valence-electron chi connectivity index (χ4n) is 2.41. The Kier molecular flexibility index (Phi) is 4.32. The number of hydrogen-bond donors (Lipinski definition) is 1. The number of ether oxygens (including phenoxy) is 3. The molecule has 0 bridgehead atoms. The molecule has 23 heavy (non-hydrogen) atoms. The lowest BCUT2D eigenvalue weighted by Gasteiger charge is -2.14. The van der Waals surface area contributed by atoms with Crippen molar-refractivity contribution in [3.8, 4) is 17.2 Å². The third-order valence-corrected chi connectivity index (χ3v) is 3.57. The maximum absolute atomic E-state index is 13.1. The van der Waals surface area contributed by atoms with Crippen molar-refractivity contribution in [1.29, 1.82) is 0 Å². The highest BCUT2D eigenvalue weighted by Crippen LogP contribution is 2.35. The van der Waals surface area contributed by atoms with E-state index in [-0.39, 0.29) is 19.8 Å². The highest BCUT2D eigenvalue weighted by atomic mass is 19.1. The molecule has 1 aliphatic heterocycles. The molecule has 1 heterocycles. The number of halogens is 1. The van der Waals surface area contributed by atoms with Crippen LogP contribution in [0.4, 0.5) is 4.39 Å². The van der Waals surface area contributed by atoms with Gasteiger partial charge in [-0.05, 0) is 36.2 Å². The van der Waals surface area contributed by atoms with Gasteiger partial charge in [-0.15, -0.1) is 0 Å². The minimum absolute atomic E-state index is 0.138. The quantitative estimate of drug-likeness (QED) is 0.886. The molecule has 0 aromatic heterocycles. The summed E-state index contributed by atoms with van der Waals surface area (Å²) in [4.78, 5) is 11.5. The number of rotatable bonds is 6. The van der Waals surface area contributed by atoms with Gasteiger partial charge in [0.15, 0.2) is 11.5 Å². The molecule has 0 spiro atoms. The Morgan fingerprint density at radius 3 is 2.83 bits per heavy atom. The lowest BCUT2D eigenvalue weighted by atomic mass is 9.96. The average molecular weight is 318 g/mol. The number of carbonyl (C=O) groups is 1. The number of hydrogen-bond acceptors (Lipinski definition) is 4. The fraction of sp³-hybridized carbons (Fsp3) is 0.235. The Morgan fingerprint density at radius 1 is 1.22 bits per heavy atom. The Bertz CT molecular complexity index is 716. The molecular formula is C17H15FO5. The van der Waals surface area contributed by atoms with E-state index in [9.17, 15) is 14.3 Å². The van der Waals surface area contributed by atoms with Crippen LogP contribution in [0.3, 0.4) is 0 Å². The molecule has 5 nitrogen and oxygen atoms in total. The lowest BCUT2D eigenvalue weighted by molar-refractivity contribution is -0.139. The molecule has 2 aromatic rings. The van der Waals surface area contributed by atoms with E-state index in [1.807, 2.05) is 0 Å². The molecule has 1 unspecified atom stereocenters. The van der Waals surface area contributed by atoms with Gasteiger partial charge in [0, 0.05) is 6.07 Å². The zero-order valence-corrected chi connectivity index (χ0v) is 12.2. The minimum Gasteiger partial charge on any atom is -0.493 e. The maximum atomic E-state index is 13.1. The monoisotopic (exact) mass is 318 g/mol. The van der Waals surface area contributed by atoms with E-state index in [4.69, 9.17) is 14.2 Å². The first-order chi connectivity index (χ1) is 11.1. The molecule has 6 heteroatoms. The topological polar surface area (TPSA) is 65.0 Å². The van der Waals surface area contributed by atoms with E-state index in [0.717, 1.165) is 0 Å². The number of carboxylic acids is 1. The molecule has 0 saturated heterocycles. The van der Waals surface area contributed by atoms with E-state index in [1.165, 1.54) is 18.2 Å². The first kappa shape index (κ1) is 15.1. The van der Waals surface area contributed by atoms with Crippen molar-refractivity contribution < 1.29 is 28.5 Å². The Labute approximate surface area is 132 Å². The summed E-state index contributed by atoms with van der Waals surface area (Å²) in [7, 11) is 0. The smallest absolute Gasteiger partial charge is 0.311 e. The van der Waals surface area contributed by atoms with Gasteiger partial charge >= 0.3 is 5.97 Å². The van der Waals surface area contributed by atoms with Gasteiger partial charge < -0.3 is 19.3 Å². The standard InChI is InChI=1S/C17H15FO5/c18-12-2-1-3-13(9-12)21-7-6-14(17(19)20)11-4-5-15-16(8-11)23-10-22-15/h1-5,8-9,14H,6-7,10H2,(H,19,20). The largest absolute Gasteiger partial charge is 0.493 e. The summed E-state index contributed by atoms with van der Waals surface area (Å²) < 4.78 is 29.0. The zero-order valence-electron chi connectivity index (χ0n) is 12.2. The normalized spacial score (nSPS) is 13.6. The van der Waals surface area contributed by atoms with E-state index >= 15 is 0 Å². The lowest BCUT2D eigenvalue weighted by Crippen LogP contribution is -2.15. The summed E-state index contributed by atoms with van der Waals surface area (Å²) in [5, 5.41) is 9.43. The van der Waals surface area contributed by atoms with Gasteiger partial charge in [-0.1, -0.05) is 12.1 Å². The van der Waals surface area contributed by atoms with Crippen LogP contribution < -0.4 is 14.2 Å². The van der Waals surface area contributed by atoms with Gasteiger partial charge in [0.1, 0.15) is 11.6 Å². The molecule has 0 aliphatic carbocycles. The number of fused-ring (bicyclic) bond motifs is 1. The maximum Gasteiger partial charge on any atom is 0.311 e. The second-order valence-electron chi connectivity index (χ2n) is 5.10. The molecule has 3 rings (SSSR count). The van der Waals surface area contributed by atoms with Crippen molar-refractivity contribution in [2.75, 3.05) is 13.4 Å². The highest BCUT2D eigenvalue weighted by Gasteiger charge is 2.23. The van der Waals surface area contributed by atoms with Crippen molar-refractivity contribution in [3.05, 3.63) is 53.8 Å². The highest BCUT2D eigenvalue weighted by molar-refractivity contribution is 5.76. The first-order valence-corrected chi connectivity index (χ1v) is 7.14. The molecule has 1 aliphatic rings. The minimum atomic E-state index is -0.952. The fourth-order valence-corrected chi connectivity index (χ4v) is 2.41. The predicted molar refractivity (Wildman–Crippen MR) is 79.5 cm³/mol. The third kappa shape index (κ3) is 3.53. The van der Waals surface area contributed by atoms with Gasteiger partial charge in [0.25, 0.3) is 0 Å². The van der Waals surface area contributed by atoms with Crippen molar-refractivity contribution >= 4 is 5.97 Å². The van der Waals surface area contributed by atoms with E-state index in [2.05, 4.69) is 0 Å². The molecule has 1 atom stereocenters. The second kappa shape index (κ2) is 6.56. The van der Waals surface area contributed by atoms with Crippen molar-refractivity contribution in [1.82, 2.24) is 0 Å². The predicted octanol–water partition coefficient (Wildman–Crippen LogP) is 3.19. The van der Waals surface area contributed by atoms with Crippen LogP contribution in [0.15, 0.2) is 42.5 Å². The first-order valence-electron chi connectivity index (χ1n) is 7.14. The van der Waals surface area contributed by atoms with Gasteiger partial charge in [0.05, 0.1) is 12.5 Å². The van der Waals surface area contributed by atoms with Crippen LogP contribution >= 0.6 is 0 Å².